The maximum absolute atomic E-state index is 13.4. The molecule has 2 rings (SSSR count). The van der Waals surface area contributed by atoms with Crippen molar-refractivity contribution in [3.8, 4) is 0 Å². The molecular weight excluding hydrogens is 244 g/mol. The van der Waals surface area contributed by atoms with Crippen molar-refractivity contribution in [3.63, 3.8) is 0 Å². The Kier molecular flexibility index (Phi) is 3.36. The van der Waals surface area contributed by atoms with E-state index in [0.717, 1.165) is 5.56 Å². The van der Waals surface area contributed by atoms with Gasteiger partial charge >= 0.3 is 0 Å². The van der Waals surface area contributed by atoms with Gasteiger partial charge in [0.25, 0.3) is 0 Å². The molecule has 94 valence electrons. The predicted octanol–water partition coefficient (Wildman–Crippen LogP) is 4.14. The van der Waals surface area contributed by atoms with Crippen LogP contribution >= 0.6 is 0 Å². The molecule has 0 bridgehead atoms. The summed E-state index contributed by atoms with van der Waals surface area (Å²) in [5, 5.41) is 0. The molecule has 0 heterocycles. The first kappa shape index (κ1) is 12.6. The van der Waals surface area contributed by atoms with E-state index in [9.17, 15) is 17.6 Å². The van der Waals surface area contributed by atoms with Crippen LogP contribution in [0.3, 0.4) is 0 Å². The summed E-state index contributed by atoms with van der Waals surface area (Å²) in [4.78, 5) is 0. The summed E-state index contributed by atoms with van der Waals surface area (Å²) in [6.07, 6.45) is 0.0141. The van der Waals surface area contributed by atoms with Gasteiger partial charge in [0.05, 0.1) is 0 Å². The molecule has 0 spiro atoms. The minimum absolute atomic E-state index is 0.0141. The van der Waals surface area contributed by atoms with Crippen molar-refractivity contribution >= 4 is 0 Å². The smallest absolute Gasteiger partial charge is 0.197 e. The van der Waals surface area contributed by atoms with Crippen LogP contribution in [-0.4, -0.2) is 0 Å². The van der Waals surface area contributed by atoms with Crippen molar-refractivity contribution in [3.05, 3.63) is 70.3 Å². The zero-order chi connectivity index (χ0) is 13.3. The average Bonchev–Trinajstić information content (AvgIpc) is 2.36. The Labute approximate surface area is 102 Å². The molecule has 0 N–H and O–H groups in total. The van der Waals surface area contributed by atoms with Gasteiger partial charge in [-0.2, -0.15) is 0 Å². The van der Waals surface area contributed by atoms with Gasteiger partial charge in [0.1, 0.15) is 0 Å². The molecule has 0 nitrogen and oxygen atoms in total. The Morgan fingerprint density at radius 3 is 2.06 bits per heavy atom. The van der Waals surface area contributed by atoms with E-state index >= 15 is 0 Å². The van der Waals surface area contributed by atoms with E-state index in [1.165, 1.54) is 0 Å². The lowest BCUT2D eigenvalue weighted by molar-refractivity contribution is 0.405. The first-order valence-electron chi connectivity index (χ1n) is 5.36. The molecule has 0 aliphatic heterocycles. The molecule has 0 amide bonds. The van der Waals surface area contributed by atoms with Gasteiger partial charge in [-0.25, -0.2) is 17.6 Å². The number of benzene rings is 2. The second-order valence-corrected chi connectivity index (χ2v) is 4.12. The fraction of sp³-hybridized carbons (Fsp3) is 0.143. The summed E-state index contributed by atoms with van der Waals surface area (Å²) in [5.74, 6) is -6.26. The molecule has 0 aromatic heterocycles. The second kappa shape index (κ2) is 4.80. The molecule has 0 saturated carbocycles. The van der Waals surface area contributed by atoms with Crippen molar-refractivity contribution in [2.24, 2.45) is 0 Å². The van der Waals surface area contributed by atoms with Gasteiger partial charge in [-0.1, -0.05) is 29.8 Å². The predicted molar refractivity (Wildman–Crippen MR) is 60.3 cm³/mol. The molecule has 0 radical (unpaired) electrons. The summed E-state index contributed by atoms with van der Waals surface area (Å²) in [5.41, 5.74) is 1.52. The lowest BCUT2D eigenvalue weighted by atomic mass is 10.0. The third-order valence-corrected chi connectivity index (χ3v) is 2.69. The highest BCUT2D eigenvalue weighted by molar-refractivity contribution is 5.30. The van der Waals surface area contributed by atoms with Gasteiger partial charge in [0.2, 0.25) is 0 Å². The third-order valence-electron chi connectivity index (χ3n) is 2.69. The van der Waals surface area contributed by atoms with Gasteiger partial charge in [0.15, 0.2) is 23.3 Å². The third kappa shape index (κ3) is 2.37. The Morgan fingerprint density at radius 1 is 0.833 bits per heavy atom. The van der Waals surface area contributed by atoms with Crippen molar-refractivity contribution in [1.29, 1.82) is 0 Å². The van der Waals surface area contributed by atoms with Crippen LogP contribution in [0.4, 0.5) is 17.6 Å². The fourth-order valence-electron chi connectivity index (χ4n) is 1.68. The number of halogens is 4. The topological polar surface area (TPSA) is 0 Å². The van der Waals surface area contributed by atoms with E-state index in [1.807, 2.05) is 19.1 Å². The average molecular weight is 254 g/mol. The van der Waals surface area contributed by atoms with Crippen molar-refractivity contribution in [2.45, 2.75) is 13.3 Å². The lowest BCUT2D eigenvalue weighted by Crippen LogP contribution is -2.02. The number of rotatable bonds is 2. The van der Waals surface area contributed by atoms with Crippen LogP contribution < -0.4 is 0 Å². The number of hydrogen-bond acceptors (Lipinski definition) is 0. The SMILES string of the molecule is Cc1ccc(Cc2cc(F)c(F)c(F)c2F)cc1. The van der Waals surface area contributed by atoms with E-state index in [2.05, 4.69) is 0 Å². The molecule has 0 saturated heterocycles. The zero-order valence-corrected chi connectivity index (χ0v) is 9.61. The number of hydrogen-bond donors (Lipinski definition) is 0. The zero-order valence-electron chi connectivity index (χ0n) is 9.61. The highest BCUT2D eigenvalue weighted by Gasteiger charge is 2.18. The summed E-state index contributed by atoms with van der Waals surface area (Å²) in [6.45, 7) is 1.89. The lowest BCUT2D eigenvalue weighted by Gasteiger charge is -2.06. The minimum Gasteiger partial charge on any atom is -0.204 e. The first-order chi connectivity index (χ1) is 8.49. The van der Waals surface area contributed by atoms with Crippen LogP contribution in [0, 0.1) is 30.2 Å². The maximum Gasteiger partial charge on any atom is 0.197 e. The van der Waals surface area contributed by atoms with Gasteiger partial charge in [0, 0.05) is 6.42 Å². The summed E-state index contributed by atoms with van der Waals surface area (Å²) < 4.78 is 52.2. The normalized spacial score (nSPS) is 10.7. The van der Waals surface area contributed by atoms with E-state index < -0.39 is 23.3 Å². The Bertz CT molecular complexity index is 573. The van der Waals surface area contributed by atoms with Gasteiger partial charge in [-0.3, -0.25) is 0 Å². The summed E-state index contributed by atoms with van der Waals surface area (Å²) >= 11 is 0. The van der Waals surface area contributed by atoms with E-state index in [-0.39, 0.29) is 12.0 Å². The molecule has 18 heavy (non-hydrogen) atoms. The van der Waals surface area contributed by atoms with Crippen molar-refractivity contribution < 1.29 is 17.6 Å². The molecule has 0 aliphatic rings. The summed E-state index contributed by atoms with van der Waals surface area (Å²) in [7, 11) is 0. The van der Waals surface area contributed by atoms with E-state index in [1.54, 1.807) is 12.1 Å². The number of aryl methyl sites for hydroxylation is 1. The second-order valence-electron chi connectivity index (χ2n) is 4.12. The van der Waals surface area contributed by atoms with Crippen LogP contribution in [0.2, 0.25) is 0 Å². The Balaban J connectivity index is 2.38. The molecular formula is C14H10F4. The molecule has 0 aliphatic carbocycles. The molecule has 4 heteroatoms. The van der Waals surface area contributed by atoms with E-state index in [0.29, 0.717) is 11.6 Å². The monoisotopic (exact) mass is 254 g/mol. The molecule has 0 fully saturated rings. The van der Waals surface area contributed by atoms with Gasteiger partial charge in [-0.15, -0.1) is 0 Å². The Morgan fingerprint density at radius 2 is 1.44 bits per heavy atom. The first-order valence-corrected chi connectivity index (χ1v) is 5.36. The van der Waals surface area contributed by atoms with Crippen LogP contribution in [0.25, 0.3) is 0 Å². The summed E-state index contributed by atoms with van der Waals surface area (Å²) in [6, 6.07) is 7.77. The fourth-order valence-corrected chi connectivity index (χ4v) is 1.68. The quantitative estimate of drug-likeness (QED) is 0.429. The highest BCUT2D eigenvalue weighted by Crippen LogP contribution is 2.21. The molecule has 0 atom stereocenters. The highest BCUT2D eigenvalue weighted by atomic mass is 19.2. The van der Waals surface area contributed by atoms with Crippen LogP contribution in [0.5, 0.6) is 0 Å². The van der Waals surface area contributed by atoms with Crippen molar-refractivity contribution in [1.82, 2.24) is 0 Å². The minimum atomic E-state index is -1.78. The maximum atomic E-state index is 13.4. The molecule has 2 aromatic rings. The molecule has 2 aromatic carbocycles. The van der Waals surface area contributed by atoms with Crippen molar-refractivity contribution in [2.75, 3.05) is 0 Å². The van der Waals surface area contributed by atoms with Gasteiger partial charge in [-0.05, 0) is 24.1 Å². The standard InChI is InChI=1S/C14H10F4/c1-8-2-4-9(5-3-8)6-10-7-11(15)13(17)14(18)12(10)16/h2-5,7H,6H2,1H3. The largest absolute Gasteiger partial charge is 0.204 e. The van der Waals surface area contributed by atoms with Gasteiger partial charge < -0.3 is 0 Å². The Hall–Kier alpha value is -1.84. The van der Waals surface area contributed by atoms with Crippen LogP contribution in [0.15, 0.2) is 30.3 Å². The van der Waals surface area contributed by atoms with Crippen LogP contribution in [0.1, 0.15) is 16.7 Å². The van der Waals surface area contributed by atoms with Crippen LogP contribution in [-0.2, 0) is 6.42 Å². The van der Waals surface area contributed by atoms with E-state index in [4.69, 9.17) is 0 Å². The molecule has 0 unspecified atom stereocenters.